The monoisotopic (exact) mass is 586 g/mol. The summed E-state index contributed by atoms with van der Waals surface area (Å²) in [6.45, 7) is 1.99. The van der Waals surface area contributed by atoms with Crippen LogP contribution in [-0.2, 0) is 4.79 Å². The van der Waals surface area contributed by atoms with Crippen LogP contribution in [0.25, 0.3) is 10.8 Å². The normalized spacial score (nSPS) is 16.3. The Morgan fingerprint density at radius 1 is 0.659 bits per heavy atom. The molecule has 1 fully saturated rings. The predicted molar refractivity (Wildman–Crippen MR) is 165 cm³/mol. The first-order valence-corrected chi connectivity index (χ1v) is 15.2. The molecule has 220 valence electrons. The molecule has 44 heavy (non-hydrogen) atoms. The second kappa shape index (κ2) is 10.9. The summed E-state index contributed by atoms with van der Waals surface area (Å²) >= 11 is 0. The zero-order valence-corrected chi connectivity index (χ0v) is 24.3. The lowest BCUT2D eigenvalue weighted by molar-refractivity contribution is -0.134. The number of anilines is 2. The Kier molecular flexibility index (Phi) is 6.84. The molecule has 4 amide bonds. The minimum atomic E-state index is -0.566. The second-order valence-corrected chi connectivity index (χ2v) is 11.6. The molecular weight excluding hydrogens is 556 g/mol. The number of esters is 1. The van der Waals surface area contributed by atoms with Crippen molar-refractivity contribution in [2.75, 3.05) is 9.80 Å². The van der Waals surface area contributed by atoms with Crippen molar-refractivity contribution in [3.05, 3.63) is 101 Å². The van der Waals surface area contributed by atoms with Gasteiger partial charge in [0.1, 0.15) is 5.75 Å². The summed E-state index contributed by atoms with van der Waals surface area (Å²) < 4.78 is 5.35. The van der Waals surface area contributed by atoms with Gasteiger partial charge in [-0.05, 0) is 91.4 Å². The van der Waals surface area contributed by atoms with E-state index in [9.17, 15) is 24.0 Å². The van der Waals surface area contributed by atoms with Gasteiger partial charge < -0.3 is 4.74 Å². The van der Waals surface area contributed by atoms with Crippen molar-refractivity contribution in [3.63, 3.8) is 0 Å². The van der Waals surface area contributed by atoms with Crippen LogP contribution in [0, 0.1) is 0 Å². The molecular formula is C36H30N2O6. The maximum absolute atomic E-state index is 13.8. The fraction of sp³-hybridized carbons (Fsp3) is 0.250. The molecule has 4 aromatic rings. The Morgan fingerprint density at radius 3 is 1.52 bits per heavy atom. The van der Waals surface area contributed by atoms with Crippen LogP contribution >= 0.6 is 0 Å². The zero-order chi connectivity index (χ0) is 30.5. The van der Waals surface area contributed by atoms with Crippen LogP contribution in [0.5, 0.6) is 5.75 Å². The Morgan fingerprint density at radius 2 is 1.09 bits per heavy atom. The van der Waals surface area contributed by atoms with E-state index < -0.39 is 23.6 Å². The number of carbonyl (C=O) groups is 5. The SMILES string of the molecule is CCCCC(=O)Oc1ccc(N2C(=O)c3ccc4c5c(ccc(c35)C2=O)C(=O)N(c2ccc(C3CCCC3)cc2)C4=O)cc1. The minimum Gasteiger partial charge on any atom is -0.427 e. The molecule has 0 aromatic heterocycles. The van der Waals surface area contributed by atoms with Gasteiger partial charge in [-0.2, -0.15) is 0 Å². The summed E-state index contributed by atoms with van der Waals surface area (Å²) in [7, 11) is 0. The highest BCUT2D eigenvalue weighted by Crippen LogP contribution is 2.41. The van der Waals surface area contributed by atoms with Gasteiger partial charge in [0.25, 0.3) is 23.6 Å². The summed E-state index contributed by atoms with van der Waals surface area (Å²) in [6, 6.07) is 20.0. The summed E-state index contributed by atoms with van der Waals surface area (Å²) in [4.78, 5) is 69.3. The molecule has 0 N–H and O–H groups in total. The molecule has 2 heterocycles. The number of carbonyl (C=O) groups excluding carboxylic acids is 5. The van der Waals surface area contributed by atoms with Gasteiger partial charge in [0.05, 0.1) is 11.4 Å². The Labute approximate surface area is 254 Å². The molecule has 0 unspecified atom stereocenters. The van der Waals surface area contributed by atoms with E-state index in [2.05, 4.69) is 0 Å². The van der Waals surface area contributed by atoms with E-state index >= 15 is 0 Å². The minimum absolute atomic E-state index is 0.227. The van der Waals surface area contributed by atoms with Crippen LogP contribution in [0.2, 0.25) is 0 Å². The van der Waals surface area contributed by atoms with Crippen LogP contribution in [0.4, 0.5) is 11.4 Å². The van der Waals surface area contributed by atoms with Crippen LogP contribution < -0.4 is 14.5 Å². The van der Waals surface area contributed by atoms with Crippen molar-refractivity contribution >= 4 is 51.7 Å². The standard InChI is InChI=1S/C36H30N2O6/c1-2-3-8-30(39)44-25-15-13-24(14-16-25)38-35(42)28-19-17-26-31-27(18-20-29(32(28)31)36(38)43)34(41)37(33(26)40)23-11-9-22(10-12-23)21-6-4-5-7-21/h9-21H,2-8H2,1H3. The van der Waals surface area contributed by atoms with Crippen molar-refractivity contribution in [3.8, 4) is 5.75 Å². The molecule has 0 saturated heterocycles. The highest BCUT2D eigenvalue weighted by molar-refractivity contribution is 6.42. The maximum atomic E-state index is 13.8. The number of hydrogen-bond acceptors (Lipinski definition) is 6. The summed E-state index contributed by atoms with van der Waals surface area (Å²) in [5.74, 6) is -1.64. The fourth-order valence-corrected chi connectivity index (χ4v) is 6.67. The van der Waals surface area contributed by atoms with Gasteiger partial charge in [-0.1, -0.05) is 38.3 Å². The molecule has 8 heteroatoms. The lowest BCUT2D eigenvalue weighted by Crippen LogP contribution is -2.43. The van der Waals surface area contributed by atoms with Crippen molar-refractivity contribution in [1.82, 2.24) is 0 Å². The molecule has 3 aliphatic rings. The Balaban J connectivity index is 1.21. The van der Waals surface area contributed by atoms with Gasteiger partial charge in [-0.25, -0.2) is 9.80 Å². The number of benzene rings is 4. The number of ether oxygens (including phenoxy) is 1. The first-order valence-electron chi connectivity index (χ1n) is 15.2. The average Bonchev–Trinajstić information content (AvgIpc) is 3.58. The highest BCUT2D eigenvalue weighted by Gasteiger charge is 2.40. The summed E-state index contributed by atoms with van der Waals surface area (Å²) in [6.07, 6.45) is 6.63. The molecule has 1 aliphatic carbocycles. The third kappa shape index (κ3) is 4.40. The Bertz CT molecular complexity index is 1800. The van der Waals surface area contributed by atoms with Crippen molar-refractivity contribution < 1.29 is 28.7 Å². The highest BCUT2D eigenvalue weighted by atomic mass is 16.5. The molecule has 0 atom stereocenters. The maximum Gasteiger partial charge on any atom is 0.311 e. The lowest BCUT2D eigenvalue weighted by atomic mass is 9.85. The van der Waals surface area contributed by atoms with Crippen LogP contribution in [0.3, 0.4) is 0 Å². The van der Waals surface area contributed by atoms with Crippen LogP contribution in [0.15, 0.2) is 72.8 Å². The smallest absolute Gasteiger partial charge is 0.311 e. The van der Waals surface area contributed by atoms with E-state index in [-0.39, 0.29) is 28.2 Å². The first-order chi connectivity index (χ1) is 21.4. The van der Waals surface area contributed by atoms with Gasteiger partial charge in [0.2, 0.25) is 0 Å². The van der Waals surface area contributed by atoms with E-state index in [0.29, 0.717) is 40.2 Å². The molecule has 2 aliphatic heterocycles. The van der Waals surface area contributed by atoms with E-state index in [0.717, 1.165) is 30.6 Å². The average molecular weight is 587 g/mol. The van der Waals surface area contributed by atoms with Crippen molar-refractivity contribution in [2.45, 2.75) is 57.8 Å². The number of unbranched alkanes of at least 4 members (excludes halogenated alkanes) is 1. The zero-order valence-electron chi connectivity index (χ0n) is 24.3. The number of amides is 4. The number of hydrogen-bond donors (Lipinski definition) is 0. The summed E-state index contributed by atoms with van der Waals surface area (Å²) in [5, 5.41) is 0.634. The largest absolute Gasteiger partial charge is 0.427 e. The molecule has 0 radical (unpaired) electrons. The summed E-state index contributed by atoms with van der Waals surface area (Å²) in [5.41, 5.74) is 3.00. The molecule has 0 spiro atoms. The molecule has 1 saturated carbocycles. The van der Waals surface area contributed by atoms with Crippen molar-refractivity contribution in [1.29, 1.82) is 0 Å². The number of imide groups is 2. The third-order valence-electron chi connectivity index (χ3n) is 8.93. The second-order valence-electron chi connectivity index (χ2n) is 11.6. The predicted octanol–water partition coefficient (Wildman–Crippen LogP) is 7.19. The number of nitrogens with zero attached hydrogens (tertiary/aromatic N) is 2. The quantitative estimate of drug-likeness (QED) is 0.129. The molecule has 4 aromatic carbocycles. The van der Waals surface area contributed by atoms with E-state index in [1.165, 1.54) is 23.3 Å². The van der Waals surface area contributed by atoms with Gasteiger partial charge in [-0.3, -0.25) is 24.0 Å². The van der Waals surface area contributed by atoms with Gasteiger partial charge in [-0.15, -0.1) is 0 Å². The van der Waals surface area contributed by atoms with Gasteiger partial charge in [0.15, 0.2) is 0 Å². The third-order valence-corrected chi connectivity index (χ3v) is 8.93. The van der Waals surface area contributed by atoms with Crippen LogP contribution in [-0.4, -0.2) is 29.6 Å². The van der Waals surface area contributed by atoms with Crippen LogP contribution in [0.1, 0.15) is 105 Å². The van der Waals surface area contributed by atoms with E-state index in [1.807, 2.05) is 31.2 Å². The topological polar surface area (TPSA) is 101 Å². The fourth-order valence-electron chi connectivity index (χ4n) is 6.67. The Hall–Kier alpha value is -5.11. The molecule has 8 nitrogen and oxygen atoms in total. The lowest BCUT2D eigenvalue weighted by Gasteiger charge is -2.32. The first kappa shape index (κ1) is 27.7. The molecule has 7 rings (SSSR count). The number of rotatable bonds is 7. The van der Waals surface area contributed by atoms with Gasteiger partial charge >= 0.3 is 5.97 Å². The molecule has 0 bridgehead atoms. The van der Waals surface area contributed by atoms with Crippen molar-refractivity contribution in [2.24, 2.45) is 0 Å². The van der Waals surface area contributed by atoms with E-state index in [1.54, 1.807) is 48.5 Å². The van der Waals surface area contributed by atoms with E-state index in [4.69, 9.17) is 4.74 Å². The van der Waals surface area contributed by atoms with Gasteiger partial charge in [0, 0.05) is 39.4 Å².